The van der Waals surface area contributed by atoms with Crippen molar-refractivity contribution in [2.24, 2.45) is 12.0 Å². The fourth-order valence-electron chi connectivity index (χ4n) is 3.76. The number of aliphatic imine (C=N–C) groups is 1. The van der Waals surface area contributed by atoms with Crippen molar-refractivity contribution < 1.29 is 19.4 Å². The number of carboxylic acids is 1. The number of aromatic nitrogens is 3. The molecular formula is C25H22ClN5O4. The molecule has 10 heteroatoms. The zero-order valence-corrected chi connectivity index (χ0v) is 19.8. The average molecular weight is 492 g/mol. The molecule has 4 aromatic rings. The van der Waals surface area contributed by atoms with Crippen molar-refractivity contribution in [1.29, 1.82) is 0 Å². The number of fused-ring (bicyclic) bond motifs is 2. The molecular weight excluding hydrogens is 470 g/mol. The topological polar surface area (TPSA) is 111 Å². The van der Waals surface area contributed by atoms with Gasteiger partial charge in [-0.3, -0.25) is 9.67 Å². The summed E-state index contributed by atoms with van der Waals surface area (Å²) in [4.78, 5) is 19.6. The molecule has 0 unspecified atom stereocenters. The van der Waals surface area contributed by atoms with E-state index in [2.05, 4.69) is 20.4 Å². The number of ether oxygens (including phenoxy) is 2. The summed E-state index contributed by atoms with van der Waals surface area (Å²) in [5.41, 5.74) is 4.52. The van der Waals surface area contributed by atoms with Crippen molar-refractivity contribution in [3.05, 3.63) is 59.2 Å². The number of anilines is 2. The Balaban J connectivity index is 1.45. The van der Waals surface area contributed by atoms with Gasteiger partial charge in [0.1, 0.15) is 24.8 Å². The third-order valence-electron chi connectivity index (χ3n) is 5.62. The molecule has 0 spiro atoms. The molecule has 1 aliphatic rings. The van der Waals surface area contributed by atoms with E-state index in [9.17, 15) is 4.79 Å². The maximum absolute atomic E-state index is 11.0. The number of hydrogen-bond donors (Lipinski definition) is 2. The Labute approximate surface area is 206 Å². The number of hydrogen-bond acceptors (Lipinski definition) is 7. The SMILES string of the molecule is C[C@H](N=Cc1cnc2c(Nc3cccc(-c4ccc5c(c4)OCCO5)c3Cl)nn(C)c2c1)C(=O)O. The highest BCUT2D eigenvalue weighted by molar-refractivity contribution is 6.36. The molecule has 35 heavy (non-hydrogen) atoms. The van der Waals surface area contributed by atoms with Gasteiger partial charge in [-0.25, -0.2) is 9.78 Å². The quantitative estimate of drug-likeness (QED) is 0.376. The number of halogens is 1. The number of aryl methyl sites for hydroxylation is 1. The monoisotopic (exact) mass is 491 g/mol. The Hall–Kier alpha value is -4.11. The first-order chi connectivity index (χ1) is 16.9. The van der Waals surface area contributed by atoms with Gasteiger partial charge < -0.3 is 19.9 Å². The lowest BCUT2D eigenvalue weighted by Gasteiger charge is -2.19. The van der Waals surface area contributed by atoms with Gasteiger partial charge in [0.05, 0.1) is 16.2 Å². The maximum atomic E-state index is 11.0. The van der Waals surface area contributed by atoms with E-state index in [1.165, 1.54) is 13.1 Å². The van der Waals surface area contributed by atoms with E-state index in [0.29, 0.717) is 46.6 Å². The van der Waals surface area contributed by atoms with Crippen LogP contribution in [0.15, 0.2) is 53.7 Å². The van der Waals surface area contributed by atoms with Crippen LogP contribution in [0.5, 0.6) is 11.5 Å². The van der Waals surface area contributed by atoms with Crippen LogP contribution in [0.2, 0.25) is 5.02 Å². The van der Waals surface area contributed by atoms with Gasteiger partial charge in [-0.1, -0.05) is 29.8 Å². The van der Waals surface area contributed by atoms with Crippen LogP contribution in [0.4, 0.5) is 11.5 Å². The molecule has 5 rings (SSSR count). The van der Waals surface area contributed by atoms with Crippen LogP contribution in [-0.2, 0) is 11.8 Å². The van der Waals surface area contributed by atoms with Gasteiger partial charge >= 0.3 is 5.97 Å². The van der Waals surface area contributed by atoms with Crippen LogP contribution in [0.3, 0.4) is 0 Å². The van der Waals surface area contributed by atoms with E-state index >= 15 is 0 Å². The second-order valence-corrected chi connectivity index (χ2v) is 8.43. The molecule has 3 heterocycles. The predicted octanol–water partition coefficient (Wildman–Crippen LogP) is 4.70. The van der Waals surface area contributed by atoms with Crippen LogP contribution in [-0.4, -0.2) is 51.3 Å². The van der Waals surface area contributed by atoms with Crippen molar-refractivity contribution in [2.75, 3.05) is 18.5 Å². The molecule has 0 fully saturated rings. The lowest BCUT2D eigenvalue weighted by molar-refractivity contribution is -0.137. The van der Waals surface area contributed by atoms with Gasteiger partial charge in [0.2, 0.25) is 0 Å². The van der Waals surface area contributed by atoms with E-state index < -0.39 is 12.0 Å². The van der Waals surface area contributed by atoms with Gasteiger partial charge in [0.25, 0.3) is 0 Å². The zero-order chi connectivity index (χ0) is 24.5. The molecule has 0 saturated heterocycles. The molecule has 0 amide bonds. The maximum Gasteiger partial charge on any atom is 0.328 e. The normalized spacial score (nSPS) is 13.8. The van der Waals surface area contributed by atoms with Crippen molar-refractivity contribution in [2.45, 2.75) is 13.0 Å². The lowest BCUT2D eigenvalue weighted by Crippen LogP contribution is -2.15. The molecule has 0 saturated carbocycles. The van der Waals surface area contributed by atoms with Gasteiger partial charge in [-0.2, -0.15) is 5.10 Å². The Morgan fingerprint density at radius 3 is 2.83 bits per heavy atom. The lowest BCUT2D eigenvalue weighted by atomic mass is 10.0. The van der Waals surface area contributed by atoms with Gasteiger partial charge in [0, 0.05) is 30.6 Å². The van der Waals surface area contributed by atoms with Crippen LogP contribution in [0, 0.1) is 0 Å². The van der Waals surface area contributed by atoms with Gasteiger partial charge in [-0.05, 0) is 36.8 Å². The average Bonchev–Trinajstić information content (AvgIpc) is 3.17. The molecule has 0 bridgehead atoms. The standard InChI is InChI=1S/C25H22ClN5O4/c1-14(25(32)33)27-12-15-10-19-23(28-13-15)24(30-31(19)2)29-18-5-3-4-17(22(18)26)16-6-7-20-21(11-16)35-9-8-34-20/h3-7,10-14H,8-9H2,1-2H3,(H,29,30)(H,32,33)/t14-/m0/s1. The van der Waals surface area contributed by atoms with Crippen LogP contribution >= 0.6 is 11.6 Å². The molecule has 178 valence electrons. The molecule has 1 atom stereocenters. The second kappa shape index (κ2) is 9.27. The zero-order valence-electron chi connectivity index (χ0n) is 19.0. The summed E-state index contributed by atoms with van der Waals surface area (Å²) in [6.45, 7) is 2.56. The Morgan fingerprint density at radius 2 is 2.03 bits per heavy atom. The first-order valence-corrected chi connectivity index (χ1v) is 11.3. The highest BCUT2D eigenvalue weighted by Crippen LogP contribution is 2.40. The Kier molecular flexibility index (Phi) is 6.00. The summed E-state index contributed by atoms with van der Waals surface area (Å²) in [6, 6.07) is 12.5. The summed E-state index contributed by atoms with van der Waals surface area (Å²) in [5.74, 6) is 0.974. The fourth-order valence-corrected chi connectivity index (χ4v) is 4.04. The number of nitrogens with one attached hydrogen (secondary N) is 1. The van der Waals surface area contributed by atoms with Crippen LogP contribution < -0.4 is 14.8 Å². The first-order valence-electron chi connectivity index (χ1n) is 10.9. The number of nitrogens with zero attached hydrogens (tertiary/aromatic N) is 4. The summed E-state index contributed by atoms with van der Waals surface area (Å²) in [5, 5.41) is 17.4. The largest absolute Gasteiger partial charge is 0.486 e. The molecule has 0 aliphatic carbocycles. The van der Waals surface area contributed by atoms with Crippen LogP contribution in [0.1, 0.15) is 12.5 Å². The molecule has 2 aromatic carbocycles. The summed E-state index contributed by atoms with van der Waals surface area (Å²) < 4.78 is 13.0. The van der Waals surface area contributed by atoms with Crippen LogP contribution in [0.25, 0.3) is 22.2 Å². The number of pyridine rings is 1. The molecule has 1 aliphatic heterocycles. The summed E-state index contributed by atoms with van der Waals surface area (Å²) in [7, 11) is 1.81. The second-order valence-electron chi connectivity index (χ2n) is 8.05. The number of rotatable bonds is 6. The van der Waals surface area contributed by atoms with Crippen molar-refractivity contribution in [1.82, 2.24) is 14.8 Å². The minimum Gasteiger partial charge on any atom is -0.486 e. The number of carboxylic acid groups (broad SMARTS) is 1. The van der Waals surface area contributed by atoms with Gasteiger partial charge in [0.15, 0.2) is 17.3 Å². The number of benzene rings is 2. The van der Waals surface area contributed by atoms with E-state index in [4.69, 9.17) is 26.2 Å². The van der Waals surface area contributed by atoms with E-state index in [1.54, 1.807) is 10.9 Å². The molecule has 9 nitrogen and oxygen atoms in total. The first kappa shape index (κ1) is 22.7. The highest BCUT2D eigenvalue weighted by Gasteiger charge is 2.17. The van der Waals surface area contributed by atoms with E-state index in [-0.39, 0.29) is 0 Å². The minimum absolute atomic E-state index is 0.512. The number of aliphatic carboxylic acids is 1. The Bertz CT molecular complexity index is 1470. The fraction of sp³-hybridized carbons (Fsp3) is 0.200. The minimum atomic E-state index is -0.988. The van der Waals surface area contributed by atoms with E-state index in [0.717, 1.165) is 22.4 Å². The van der Waals surface area contributed by atoms with Crippen molar-refractivity contribution >= 4 is 46.3 Å². The molecule has 2 aromatic heterocycles. The third kappa shape index (κ3) is 4.50. The predicted molar refractivity (Wildman–Crippen MR) is 134 cm³/mol. The third-order valence-corrected chi connectivity index (χ3v) is 6.03. The van der Waals surface area contributed by atoms with Crippen molar-refractivity contribution in [3.8, 4) is 22.6 Å². The van der Waals surface area contributed by atoms with Crippen molar-refractivity contribution in [3.63, 3.8) is 0 Å². The smallest absolute Gasteiger partial charge is 0.328 e. The molecule has 0 radical (unpaired) electrons. The highest BCUT2D eigenvalue weighted by atomic mass is 35.5. The Morgan fingerprint density at radius 1 is 1.23 bits per heavy atom. The number of carbonyl (C=O) groups is 1. The molecule has 2 N–H and O–H groups in total. The summed E-state index contributed by atoms with van der Waals surface area (Å²) in [6.07, 6.45) is 3.12. The van der Waals surface area contributed by atoms with E-state index in [1.807, 2.05) is 49.5 Å². The summed E-state index contributed by atoms with van der Waals surface area (Å²) >= 11 is 6.80. The van der Waals surface area contributed by atoms with Gasteiger partial charge in [-0.15, -0.1) is 0 Å².